The first kappa shape index (κ1) is 29.9. The highest BCUT2D eigenvalue weighted by Gasteiger charge is 2.33. The molecule has 0 radical (unpaired) electrons. The third kappa shape index (κ3) is 8.68. The number of anilines is 1. The van der Waals surface area contributed by atoms with Crippen LogP contribution < -0.4 is 9.62 Å². The number of nitrogens with one attached hydrogen (secondary N) is 1. The predicted molar refractivity (Wildman–Crippen MR) is 157 cm³/mol. The van der Waals surface area contributed by atoms with Gasteiger partial charge >= 0.3 is 0 Å². The van der Waals surface area contributed by atoms with E-state index in [1.807, 2.05) is 81.4 Å². The number of amides is 2. The first-order valence-corrected chi connectivity index (χ1v) is 15.0. The van der Waals surface area contributed by atoms with E-state index in [4.69, 9.17) is 0 Å². The van der Waals surface area contributed by atoms with Crippen molar-refractivity contribution < 1.29 is 18.0 Å². The SMILES string of the molecule is Cc1cccc(CN(C(=O)CN(c2ccccc2C)S(C)(=O)=O)[C@H](Cc2ccccc2)C(=O)NCC(C)C)c1. The summed E-state index contributed by atoms with van der Waals surface area (Å²) in [6.45, 7) is 8.00. The maximum atomic E-state index is 14.1. The Bertz CT molecular complexity index is 1370. The highest BCUT2D eigenvalue weighted by Crippen LogP contribution is 2.23. The lowest BCUT2D eigenvalue weighted by atomic mass is 10.0. The van der Waals surface area contributed by atoms with Crippen LogP contribution in [0.1, 0.15) is 36.1 Å². The molecule has 0 aromatic heterocycles. The summed E-state index contributed by atoms with van der Waals surface area (Å²) in [4.78, 5) is 29.2. The summed E-state index contributed by atoms with van der Waals surface area (Å²) in [6.07, 6.45) is 1.39. The van der Waals surface area contributed by atoms with Gasteiger partial charge < -0.3 is 10.2 Å². The van der Waals surface area contributed by atoms with Crippen LogP contribution in [0, 0.1) is 19.8 Å². The van der Waals surface area contributed by atoms with E-state index in [1.54, 1.807) is 25.1 Å². The average Bonchev–Trinajstić information content (AvgIpc) is 2.88. The monoisotopic (exact) mass is 549 g/mol. The van der Waals surface area contributed by atoms with Crippen LogP contribution in [0.25, 0.3) is 0 Å². The second-order valence-corrected chi connectivity index (χ2v) is 12.3. The number of aryl methyl sites for hydroxylation is 2. The molecule has 208 valence electrons. The Labute approximate surface area is 232 Å². The minimum absolute atomic E-state index is 0.165. The number of hydrogen-bond donors (Lipinski definition) is 1. The van der Waals surface area contributed by atoms with E-state index in [-0.39, 0.29) is 18.4 Å². The summed E-state index contributed by atoms with van der Waals surface area (Å²) in [5.41, 5.74) is 3.97. The summed E-state index contributed by atoms with van der Waals surface area (Å²) in [6, 6.07) is 23.5. The van der Waals surface area contributed by atoms with E-state index in [1.165, 1.54) is 4.90 Å². The molecule has 0 aliphatic rings. The first-order valence-electron chi connectivity index (χ1n) is 13.2. The smallest absolute Gasteiger partial charge is 0.244 e. The van der Waals surface area contributed by atoms with Gasteiger partial charge in [-0.3, -0.25) is 13.9 Å². The molecule has 0 aliphatic heterocycles. The third-order valence-electron chi connectivity index (χ3n) is 6.45. The van der Waals surface area contributed by atoms with Crippen molar-refractivity contribution in [1.82, 2.24) is 10.2 Å². The molecule has 0 unspecified atom stereocenters. The summed E-state index contributed by atoms with van der Waals surface area (Å²) in [5, 5.41) is 2.99. The molecule has 39 heavy (non-hydrogen) atoms. The fourth-order valence-electron chi connectivity index (χ4n) is 4.42. The quantitative estimate of drug-likeness (QED) is 0.361. The molecule has 0 spiro atoms. The standard InChI is InChI=1S/C31H39N3O4S/c1-23(2)20-32-31(36)29(19-26-14-7-6-8-15-26)33(21-27-16-11-12-24(3)18-27)30(35)22-34(39(5,37)38)28-17-10-9-13-25(28)4/h6-18,23,29H,19-22H2,1-5H3,(H,32,36)/t29-/m1/s1. The van der Waals surface area contributed by atoms with Crippen molar-refractivity contribution in [2.24, 2.45) is 5.92 Å². The Balaban J connectivity index is 2.05. The van der Waals surface area contributed by atoms with Gasteiger partial charge in [-0.1, -0.05) is 92.2 Å². The van der Waals surface area contributed by atoms with Crippen molar-refractivity contribution in [3.8, 4) is 0 Å². The van der Waals surface area contributed by atoms with Gasteiger partial charge in [-0.05, 0) is 42.5 Å². The number of nitrogens with zero attached hydrogens (tertiary/aromatic N) is 2. The van der Waals surface area contributed by atoms with Gasteiger partial charge in [-0.2, -0.15) is 0 Å². The highest BCUT2D eigenvalue weighted by molar-refractivity contribution is 7.92. The van der Waals surface area contributed by atoms with E-state index in [2.05, 4.69) is 5.32 Å². The van der Waals surface area contributed by atoms with Crippen LogP contribution in [0.5, 0.6) is 0 Å². The number of carbonyl (C=O) groups excluding carboxylic acids is 2. The van der Waals surface area contributed by atoms with Crippen molar-refractivity contribution in [3.63, 3.8) is 0 Å². The van der Waals surface area contributed by atoms with Crippen molar-refractivity contribution in [1.29, 1.82) is 0 Å². The van der Waals surface area contributed by atoms with Crippen molar-refractivity contribution >= 4 is 27.5 Å². The molecule has 1 N–H and O–H groups in total. The minimum atomic E-state index is -3.79. The van der Waals surface area contributed by atoms with Crippen molar-refractivity contribution in [3.05, 3.63) is 101 Å². The molecule has 3 aromatic carbocycles. The van der Waals surface area contributed by atoms with Crippen LogP contribution in [0.2, 0.25) is 0 Å². The van der Waals surface area contributed by atoms with Crippen LogP contribution in [-0.4, -0.2) is 50.5 Å². The molecule has 3 aromatic rings. The number of sulfonamides is 1. The lowest BCUT2D eigenvalue weighted by Crippen LogP contribution is -2.53. The summed E-state index contributed by atoms with van der Waals surface area (Å²) >= 11 is 0. The largest absolute Gasteiger partial charge is 0.354 e. The van der Waals surface area contributed by atoms with Gasteiger partial charge in [0.2, 0.25) is 21.8 Å². The van der Waals surface area contributed by atoms with E-state index in [0.717, 1.165) is 32.8 Å². The average molecular weight is 550 g/mol. The topological polar surface area (TPSA) is 86.8 Å². The lowest BCUT2D eigenvalue weighted by molar-refractivity contribution is -0.140. The van der Waals surface area contributed by atoms with Crippen LogP contribution in [0.3, 0.4) is 0 Å². The molecule has 0 saturated carbocycles. The Kier molecular flexibility index (Phi) is 10.3. The Hall–Kier alpha value is -3.65. The van der Waals surface area contributed by atoms with Gasteiger partial charge in [-0.15, -0.1) is 0 Å². The zero-order valence-electron chi connectivity index (χ0n) is 23.4. The molecule has 2 amide bonds. The number of hydrogen-bond acceptors (Lipinski definition) is 4. The Morgan fingerprint density at radius 2 is 1.51 bits per heavy atom. The van der Waals surface area contributed by atoms with E-state index in [9.17, 15) is 18.0 Å². The normalized spacial score (nSPS) is 12.2. The van der Waals surface area contributed by atoms with Crippen molar-refractivity contribution in [2.75, 3.05) is 23.7 Å². The zero-order valence-corrected chi connectivity index (χ0v) is 24.2. The van der Waals surface area contributed by atoms with Gasteiger partial charge in [-0.25, -0.2) is 8.42 Å². The summed E-state index contributed by atoms with van der Waals surface area (Å²) < 4.78 is 26.9. The molecular formula is C31H39N3O4S. The Morgan fingerprint density at radius 1 is 0.872 bits per heavy atom. The van der Waals surface area contributed by atoms with Gasteiger partial charge in [0.15, 0.2) is 0 Å². The van der Waals surface area contributed by atoms with Gasteiger partial charge in [0.1, 0.15) is 12.6 Å². The molecule has 7 nitrogen and oxygen atoms in total. The molecule has 0 heterocycles. The van der Waals surface area contributed by atoms with Gasteiger partial charge in [0, 0.05) is 19.5 Å². The molecule has 3 rings (SSSR count). The molecule has 0 aliphatic carbocycles. The summed E-state index contributed by atoms with van der Waals surface area (Å²) in [7, 11) is -3.79. The second-order valence-electron chi connectivity index (χ2n) is 10.4. The molecule has 0 fully saturated rings. The molecule has 8 heteroatoms. The van der Waals surface area contributed by atoms with Gasteiger partial charge in [0.25, 0.3) is 0 Å². The lowest BCUT2D eigenvalue weighted by Gasteiger charge is -2.34. The number of para-hydroxylation sites is 1. The van der Waals surface area contributed by atoms with E-state index >= 15 is 0 Å². The van der Waals surface area contributed by atoms with Crippen LogP contribution >= 0.6 is 0 Å². The fourth-order valence-corrected chi connectivity index (χ4v) is 5.33. The second kappa shape index (κ2) is 13.4. The molecule has 1 atom stereocenters. The number of rotatable bonds is 12. The van der Waals surface area contributed by atoms with Crippen LogP contribution in [0.15, 0.2) is 78.9 Å². The van der Waals surface area contributed by atoms with Crippen molar-refractivity contribution in [2.45, 2.75) is 46.7 Å². The maximum Gasteiger partial charge on any atom is 0.244 e. The van der Waals surface area contributed by atoms with E-state index < -0.39 is 28.5 Å². The van der Waals surface area contributed by atoms with Crippen LogP contribution in [-0.2, 0) is 32.6 Å². The third-order valence-corrected chi connectivity index (χ3v) is 7.58. The Morgan fingerprint density at radius 3 is 2.13 bits per heavy atom. The number of benzene rings is 3. The zero-order chi connectivity index (χ0) is 28.6. The highest BCUT2D eigenvalue weighted by atomic mass is 32.2. The van der Waals surface area contributed by atoms with Crippen LogP contribution in [0.4, 0.5) is 5.69 Å². The number of carbonyl (C=O) groups is 2. The van der Waals surface area contributed by atoms with Gasteiger partial charge in [0.05, 0.1) is 11.9 Å². The molecular weight excluding hydrogens is 510 g/mol. The molecule has 0 bridgehead atoms. The summed E-state index contributed by atoms with van der Waals surface area (Å²) in [5.74, 6) is -0.491. The molecule has 0 saturated heterocycles. The minimum Gasteiger partial charge on any atom is -0.354 e. The maximum absolute atomic E-state index is 14.1. The van der Waals surface area contributed by atoms with E-state index in [0.29, 0.717) is 18.7 Å². The fraction of sp³-hybridized carbons (Fsp3) is 0.355. The predicted octanol–water partition coefficient (Wildman–Crippen LogP) is 4.48. The first-order chi connectivity index (χ1) is 18.5.